The summed E-state index contributed by atoms with van der Waals surface area (Å²) in [5.41, 5.74) is 1.15. The quantitative estimate of drug-likeness (QED) is 0.642. The van der Waals surface area contributed by atoms with Gasteiger partial charge in [0.2, 0.25) is 0 Å². The largest absolute Gasteiger partial charge is 0.289 e. The van der Waals surface area contributed by atoms with Crippen LogP contribution in [0.1, 0.15) is 12.5 Å². The summed E-state index contributed by atoms with van der Waals surface area (Å²) in [6.07, 6.45) is 3.85. The Hall–Kier alpha value is -1.34. The molecule has 0 unspecified atom stereocenters. The Bertz CT molecular complexity index is 297. The second kappa shape index (κ2) is 4.63. The molecule has 0 aliphatic carbocycles. The molecule has 0 amide bonds. The van der Waals surface area contributed by atoms with Crippen molar-refractivity contribution in [2.24, 2.45) is 0 Å². The van der Waals surface area contributed by atoms with E-state index >= 15 is 0 Å². The van der Waals surface area contributed by atoms with Gasteiger partial charge in [0.25, 0.3) is 0 Å². The first-order valence-electron chi connectivity index (χ1n) is 4.33. The number of aryl methyl sites for hydroxylation is 1. The number of hydrogen-bond donors (Lipinski definition) is 0. The van der Waals surface area contributed by atoms with E-state index in [-0.39, 0.29) is 0 Å². The van der Waals surface area contributed by atoms with Crippen molar-refractivity contribution >= 4 is 0 Å². The molecule has 1 rings (SSSR count). The Morgan fingerprint density at radius 3 is 3.00 bits per heavy atom. The summed E-state index contributed by atoms with van der Waals surface area (Å²) in [7, 11) is 1.92. The highest BCUT2D eigenvalue weighted by Crippen LogP contribution is 2.01. The van der Waals surface area contributed by atoms with E-state index < -0.39 is 0 Å². The van der Waals surface area contributed by atoms with Crippen molar-refractivity contribution in [3.63, 3.8) is 0 Å². The van der Waals surface area contributed by atoms with Gasteiger partial charge >= 0.3 is 0 Å². The van der Waals surface area contributed by atoms with E-state index in [0.717, 1.165) is 18.7 Å². The van der Waals surface area contributed by atoms with Gasteiger partial charge in [-0.25, -0.2) is 0 Å². The zero-order valence-corrected chi connectivity index (χ0v) is 8.06. The molecule has 1 aromatic heterocycles. The van der Waals surface area contributed by atoms with Crippen LogP contribution in [0.15, 0.2) is 12.4 Å². The van der Waals surface area contributed by atoms with E-state index in [1.807, 2.05) is 29.0 Å². The number of aromatic nitrogens is 2. The minimum atomic E-state index is 0.456. The van der Waals surface area contributed by atoms with Gasteiger partial charge in [-0.2, -0.15) is 10.4 Å². The normalized spacial score (nSPS) is 10.3. The minimum Gasteiger partial charge on any atom is -0.289 e. The molecule has 0 bridgehead atoms. The van der Waals surface area contributed by atoms with Crippen molar-refractivity contribution in [3.8, 4) is 6.07 Å². The molecule has 0 aliphatic rings. The molecule has 70 valence electrons. The van der Waals surface area contributed by atoms with E-state index in [0.29, 0.717) is 6.54 Å². The molecule has 0 radical (unpaired) electrons. The van der Waals surface area contributed by atoms with Crippen molar-refractivity contribution in [1.82, 2.24) is 14.7 Å². The SMILES string of the molecule is CCn1cc(CN(C)CC#N)cn1. The second-order valence-corrected chi connectivity index (χ2v) is 3.03. The van der Waals surface area contributed by atoms with Gasteiger partial charge in [0.15, 0.2) is 0 Å². The highest BCUT2D eigenvalue weighted by Gasteiger charge is 2.01. The van der Waals surface area contributed by atoms with Crippen LogP contribution in [0.4, 0.5) is 0 Å². The third kappa shape index (κ3) is 2.88. The number of rotatable bonds is 4. The minimum absolute atomic E-state index is 0.456. The van der Waals surface area contributed by atoms with E-state index in [1.54, 1.807) is 0 Å². The Kier molecular flexibility index (Phi) is 3.47. The lowest BCUT2D eigenvalue weighted by molar-refractivity contribution is 0.367. The molecule has 4 heteroatoms. The molecule has 0 spiro atoms. The van der Waals surface area contributed by atoms with E-state index in [9.17, 15) is 0 Å². The van der Waals surface area contributed by atoms with Crippen molar-refractivity contribution in [2.45, 2.75) is 20.0 Å². The fourth-order valence-corrected chi connectivity index (χ4v) is 1.15. The molecule has 0 aliphatic heterocycles. The summed E-state index contributed by atoms with van der Waals surface area (Å²) >= 11 is 0. The van der Waals surface area contributed by atoms with Crippen molar-refractivity contribution in [1.29, 1.82) is 5.26 Å². The molecule has 0 aromatic carbocycles. The first-order chi connectivity index (χ1) is 6.26. The standard InChI is InChI=1S/C9H14N4/c1-3-13-8-9(6-11-13)7-12(2)5-4-10/h6,8H,3,5,7H2,1-2H3. The van der Waals surface area contributed by atoms with Crippen LogP contribution in [-0.2, 0) is 13.1 Å². The van der Waals surface area contributed by atoms with Gasteiger partial charge in [-0.3, -0.25) is 9.58 Å². The highest BCUT2D eigenvalue weighted by molar-refractivity contribution is 5.03. The zero-order chi connectivity index (χ0) is 9.68. The first kappa shape index (κ1) is 9.75. The summed E-state index contributed by atoms with van der Waals surface area (Å²) in [6.45, 7) is 4.18. The van der Waals surface area contributed by atoms with Gasteiger partial charge in [0, 0.05) is 24.8 Å². The average Bonchev–Trinajstić information content (AvgIpc) is 2.52. The lowest BCUT2D eigenvalue weighted by atomic mass is 10.3. The van der Waals surface area contributed by atoms with Crippen LogP contribution in [0.5, 0.6) is 0 Å². The lowest BCUT2D eigenvalue weighted by Gasteiger charge is -2.09. The number of nitriles is 1. The molecule has 0 N–H and O–H groups in total. The van der Waals surface area contributed by atoms with E-state index in [1.165, 1.54) is 0 Å². The highest BCUT2D eigenvalue weighted by atomic mass is 15.3. The fraction of sp³-hybridized carbons (Fsp3) is 0.556. The summed E-state index contributed by atoms with van der Waals surface area (Å²) < 4.78 is 1.88. The molecule has 1 aromatic rings. The smallest absolute Gasteiger partial charge is 0.0866 e. The summed E-state index contributed by atoms with van der Waals surface area (Å²) in [6, 6.07) is 2.11. The third-order valence-corrected chi connectivity index (χ3v) is 1.80. The molecular weight excluding hydrogens is 164 g/mol. The fourth-order valence-electron chi connectivity index (χ4n) is 1.15. The molecule has 0 atom stereocenters. The molecule has 1 heterocycles. The third-order valence-electron chi connectivity index (χ3n) is 1.80. The van der Waals surface area contributed by atoms with Crippen LogP contribution >= 0.6 is 0 Å². The number of hydrogen-bond acceptors (Lipinski definition) is 3. The number of nitrogens with zero attached hydrogens (tertiary/aromatic N) is 4. The van der Waals surface area contributed by atoms with Crippen molar-refractivity contribution in [2.75, 3.05) is 13.6 Å². The Morgan fingerprint density at radius 1 is 1.69 bits per heavy atom. The van der Waals surface area contributed by atoms with Crippen LogP contribution in [0.3, 0.4) is 0 Å². The summed E-state index contributed by atoms with van der Waals surface area (Å²) in [4.78, 5) is 1.96. The lowest BCUT2D eigenvalue weighted by Crippen LogP contribution is -2.17. The van der Waals surface area contributed by atoms with Crippen LogP contribution in [0.25, 0.3) is 0 Å². The first-order valence-corrected chi connectivity index (χ1v) is 4.33. The maximum atomic E-state index is 8.45. The molecule has 0 fully saturated rings. The summed E-state index contributed by atoms with van der Waals surface area (Å²) in [5.74, 6) is 0. The maximum absolute atomic E-state index is 8.45. The predicted octanol–water partition coefficient (Wildman–Crippen LogP) is 0.858. The van der Waals surface area contributed by atoms with Crippen molar-refractivity contribution in [3.05, 3.63) is 18.0 Å². The van der Waals surface area contributed by atoms with Gasteiger partial charge < -0.3 is 0 Å². The molecule has 0 saturated heterocycles. The van der Waals surface area contributed by atoms with Gasteiger partial charge in [-0.1, -0.05) is 0 Å². The Balaban J connectivity index is 2.49. The monoisotopic (exact) mass is 178 g/mol. The topological polar surface area (TPSA) is 44.9 Å². The van der Waals surface area contributed by atoms with E-state index in [4.69, 9.17) is 5.26 Å². The van der Waals surface area contributed by atoms with E-state index in [2.05, 4.69) is 18.1 Å². The van der Waals surface area contributed by atoms with Crippen LogP contribution in [-0.4, -0.2) is 28.3 Å². The van der Waals surface area contributed by atoms with Crippen LogP contribution in [0, 0.1) is 11.3 Å². The summed E-state index contributed by atoms with van der Waals surface area (Å²) in [5, 5.41) is 12.6. The predicted molar refractivity (Wildman–Crippen MR) is 49.8 cm³/mol. The Labute approximate surface area is 78.4 Å². The van der Waals surface area contributed by atoms with Crippen LogP contribution in [0.2, 0.25) is 0 Å². The molecular formula is C9H14N4. The second-order valence-electron chi connectivity index (χ2n) is 3.03. The van der Waals surface area contributed by atoms with Crippen LogP contribution < -0.4 is 0 Å². The maximum Gasteiger partial charge on any atom is 0.0866 e. The van der Waals surface area contributed by atoms with Gasteiger partial charge in [-0.05, 0) is 14.0 Å². The van der Waals surface area contributed by atoms with Gasteiger partial charge in [0.05, 0.1) is 18.8 Å². The van der Waals surface area contributed by atoms with Gasteiger partial charge in [0.1, 0.15) is 0 Å². The Morgan fingerprint density at radius 2 is 2.46 bits per heavy atom. The van der Waals surface area contributed by atoms with Gasteiger partial charge in [-0.15, -0.1) is 0 Å². The average molecular weight is 178 g/mol. The molecule has 4 nitrogen and oxygen atoms in total. The molecule has 0 saturated carbocycles. The molecule has 13 heavy (non-hydrogen) atoms. The zero-order valence-electron chi connectivity index (χ0n) is 8.06. The van der Waals surface area contributed by atoms with Crippen molar-refractivity contribution < 1.29 is 0 Å².